The fourth-order valence-corrected chi connectivity index (χ4v) is 4.86. The Morgan fingerprint density at radius 3 is 2.69 bits per heavy atom. The van der Waals surface area contributed by atoms with Crippen LogP contribution in [0, 0.1) is 17.7 Å². The highest BCUT2D eigenvalue weighted by Gasteiger charge is 2.50. The molecule has 4 rings (SSSR count). The van der Waals surface area contributed by atoms with E-state index in [0.717, 1.165) is 24.5 Å². The molecule has 0 aromatic heterocycles. The summed E-state index contributed by atoms with van der Waals surface area (Å²) in [6.07, 6.45) is 2.64. The molecule has 0 radical (unpaired) electrons. The summed E-state index contributed by atoms with van der Waals surface area (Å²) < 4.78 is 13.3. The van der Waals surface area contributed by atoms with Crippen LogP contribution in [0.2, 0.25) is 5.02 Å². The Labute approximate surface area is 157 Å². The van der Waals surface area contributed by atoms with Gasteiger partial charge in [-0.3, -0.25) is 4.79 Å². The lowest BCUT2D eigenvalue weighted by molar-refractivity contribution is -0.0644. The van der Waals surface area contributed by atoms with Crippen LogP contribution in [0.3, 0.4) is 0 Å². The van der Waals surface area contributed by atoms with E-state index in [0.29, 0.717) is 25.1 Å². The quantitative estimate of drug-likeness (QED) is 0.855. The summed E-state index contributed by atoms with van der Waals surface area (Å²) >= 11 is 6.07. The Morgan fingerprint density at radius 2 is 1.96 bits per heavy atom. The molecule has 2 aromatic rings. The fourth-order valence-electron chi connectivity index (χ4n) is 4.61. The molecular weight excluding hydrogens is 353 g/mol. The first kappa shape index (κ1) is 17.5. The molecule has 1 aliphatic heterocycles. The van der Waals surface area contributed by atoms with Gasteiger partial charge in [-0.1, -0.05) is 41.9 Å². The first-order chi connectivity index (χ1) is 12.5. The van der Waals surface area contributed by atoms with Gasteiger partial charge in [-0.2, -0.15) is 0 Å². The summed E-state index contributed by atoms with van der Waals surface area (Å²) in [7, 11) is 0. The number of hydrogen-bond donors (Lipinski definition) is 1. The van der Waals surface area contributed by atoms with Crippen LogP contribution >= 0.6 is 11.6 Å². The van der Waals surface area contributed by atoms with Crippen LogP contribution in [0.1, 0.15) is 35.2 Å². The lowest BCUT2D eigenvalue weighted by Crippen LogP contribution is -2.42. The number of rotatable bonds is 2. The molecule has 3 atom stereocenters. The molecule has 0 unspecified atom stereocenters. The van der Waals surface area contributed by atoms with Crippen LogP contribution in [0.5, 0.6) is 0 Å². The van der Waals surface area contributed by atoms with Crippen molar-refractivity contribution in [2.45, 2.75) is 24.9 Å². The van der Waals surface area contributed by atoms with Crippen LogP contribution in [0.4, 0.5) is 4.39 Å². The van der Waals surface area contributed by atoms with Crippen LogP contribution in [0.15, 0.2) is 48.5 Å². The SMILES string of the molecule is O=C(c1ccc(F)cc1Cl)N1C[C@H]2CCC[C@](O)(c3ccccc3)[C@H]2C1. The molecule has 2 aromatic carbocycles. The highest BCUT2D eigenvalue weighted by molar-refractivity contribution is 6.33. The van der Waals surface area contributed by atoms with Crippen LogP contribution in [-0.2, 0) is 5.60 Å². The average molecular weight is 374 g/mol. The van der Waals surface area contributed by atoms with Gasteiger partial charge < -0.3 is 10.0 Å². The number of benzene rings is 2. The highest BCUT2D eigenvalue weighted by atomic mass is 35.5. The number of halogens is 2. The molecule has 26 heavy (non-hydrogen) atoms. The van der Waals surface area contributed by atoms with E-state index in [1.165, 1.54) is 12.1 Å². The minimum absolute atomic E-state index is 0.00169. The molecule has 3 nitrogen and oxygen atoms in total. The third-order valence-corrected chi connectivity index (χ3v) is 6.22. The lowest BCUT2D eigenvalue weighted by Gasteiger charge is -2.41. The molecule has 2 aliphatic rings. The second-order valence-corrected chi connectivity index (χ2v) is 7.79. The molecule has 136 valence electrons. The Bertz CT molecular complexity index is 828. The maximum atomic E-state index is 13.3. The van der Waals surface area contributed by atoms with E-state index in [-0.39, 0.29) is 22.8 Å². The molecule has 5 heteroatoms. The summed E-state index contributed by atoms with van der Waals surface area (Å²) in [5, 5.41) is 11.6. The van der Waals surface area contributed by atoms with E-state index in [2.05, 4.69) is 0 Å². The van der Waals surface area contributed by atoms with Crippen molar-refractivity contribution in [1.82, 2.24) is 4.90 Å². The van der Waals surface area contributed by atoms with Gasteiger partial charge in [-0.05, 0) is 48.9 Å². The number of hydrogen-bond acceptors (Lipinski definition) is 2. The van der Waals surface area contributed by atoms with Crippen molar-refractivity contribution < 1.29 is 14.3 Å². The van der Waals surface area contributed by atoms with Gasteiger partial charge >= 0.3 is 0 Å². The first-order valence-electron chi connectivity index (χ1n) is 9.01. The zero-order valence-corrected chi connectivity index (χ0v) is 15.1. The van der Waals surface area contributed by atoms with Gasteiger partial charge in [-0.25, -0.2) is 4.39 Å². The summed E-state index contributed by atoms with van der Waals surface area (Å²) in [5.41, 5.74) is 0.324. The van der Waals surface area contributed by atoms with Gasteiger partial charge in [0.15, 0.2) is 0 Å². The fraction of sp³-hybridized carbons (Fsp3) is 0.381. The Hall–Kier alpha value is -1.91. The largest absolute Gasteiger partial charge is 0.385 e. The van der Waals surface area contributed by atoms with Gasteiger partial charge in [0.1, 0.15) is 5.82 Å². The van der Waals surface area contributed by atoms with E-state index in [4.69, 9.17) is 11.6 Å². The molecule has 2 fully saturated rings. The summed E-state index contributed by atoms with van der Waals surface area (Å²) in [6, 6.07) is 13.6. The summed E-state index contributed by atoms with van der Waals surface area (Å²) in [5.74, 6) is -0.390. The molecule has 0 bridgehead atoms. The second-order valence-electron chi connectivity index (χ2n) is 7.38. The number of carbonyl (C=O) groups excluding carboxylic acids is 1. The third kappa shape index (κ3) is 2.91. The zero-order valence-electron chi connectivity index (χ0n) is 14.4. The summed E-state index contributed by atoms with van der Waals surface area (Å²) in [6.45, 7) is 1.09. The van der Waals surface area contributed by atoms with Gasteiger partial charge in [0.25, 0.3) is 5.91 Å². The topological polar surface area (TPSA) is 40.5 Å². The van der Waals surface area contributed by atoms with Crippen molar-refractivity contribution >= 4 is 17.5 Å². The Morgan fingerprint density at radius 1 is 1.19 bits per heavy atom. The Balaban J connectivity index is 1.61. The van der Waals surface area contributed by atoms with E-state index in [9.17, 15) is 14.3 Å². The predicted molar refractivity (Wildman–Crippen MR) is 98.5 cm³/mol. The smallest absolute Gasteiger partial charge is 0.255 e. The lowest BCUT2D eigenvalue weighted by atomic mass is 9.67. The van der Waals surface area contributed by atoms with Gasteiger partial charge in [-0.15, -0.1) is 0 Å². The van der Waals surface area contributed by atoms with Gasteiger partial charge in [0.05, 0.1) is 16.2 Å². The van der Waals surface area contributed by atoms with Crippen molar-refractivity contribution in [3.8, 4) is 0 Å². The van der Waals surface area contributed by atoms with E-state index >= 15 is 0 Å². The van der Waals surface area contributed by atoms with Crippen molar-refractivity contribution in [3.05, 3.63) is 70.5 Å². The molecule has 1 aliphatic carbocycles. The Kier molecular flexibility index (Phi) is 4.49. The van der Waals surface area contributed by atoms with Crippen LogP contribution in [-0.4, -0.2) is 29.0 Å². The molecule has 1 N–H and O–H groups in total. The minimum atomic E-state index is -0.911. The van der Waals surface area contributed by atoms with Gasteiger partial charge in [0.2, 0.25) is 0 Å². The average Bonchev–Trinajstić information content (AvgIpc) is 3.08. The van der Waals surface area contributed by atoms with Crippen LogP contribution < -0.4 is 0 Å². The standard InChI is InChI=1S/C21H21ClFNO2/c22-19-11-16(23)8-9-17(19)20(25)24-12-14-5-4-10-21(26,18(14)13-24)15-6-2-1-3-7-15/h1-3,6-9,11,14,18,26H,4-5,10,12-13H2/t14-,18+,21+/m1/s1. The molecule has 1 heterocycles. The maximum Gasteiger partial charge on any atom is 0.255 e. The van der Waals surface area contributed by atoms with Crippen LogP contribution in [0.25, 0.3) is 0 Å². The van der Waals surface area contributed by atoms with Crippen molar-refractivity contribution in [3.63, 3.8) is 0 Å². The van der Waals surface area contributed by atoms with Crippen molar-refractivity contribution in [1.29, 1.82) is 0 Å². The molecule has 1 saturated heterocycles. The van der Waals surface area contributed by atoms with E-state index in [1.54, 1.807) is 4.90 Å². The van der Waals surface area contributed by atoms with Gasteiger partial charge in [0, 0.05) is 19.0 Å². The minimum Gasteiger partial charge on any atom is -0.385 e. The second kappa shape index (κ2) is 6.67. The molecule has 1 amide bonds. The zero-order chi connectivity index (χ0) is 18.3. The first-order valence-corrected chi connectivity index (χ1v) is 9.39. The normalized spacial score (nSPS) is 28.0. The predicted octanol–water partition coefficient (Wildman–Crippen LogP) is 4.24. The van der Waals surface area contributed by atoms with Crippen molar-refractivity contribution in [2.75, 3.05) is 13.1 Å². The monoisotopic (exact) mass is 373 g/mol. The highest BCUT2D eigenvalue weighted by Crippen LogP contribution is 2.48. The number of aliphatic hydroxyl groups is 1. The molecule has 1 saturated carbocycles. The van der Waals surface area contributed by atoms with E-state index in [1.807, 2.05) is 30.3 Å². The number of amides is 1. The maximum absolute atomic E-state index is 13.3. The number of likely N-dealkylation sites (tertiary alicyclic amines) is 1. The molecule has 0 spiro atoms. The molecular formula is C21H21ClFNO2. The number of carbonyl (C=O) groups is 1. The van der Waals surface area contributed by atoms with Crippen molar-refractivity contribution in [2.24, 2.45) is 11.8 Å². The number of fused-ring (bicyclic) bond motifs is 1. The van der Waals surface area contributed by atoms with E-state index < -0.39 is 11.4 Å². The summed E-state index contributed by atoms with van der Waals surface area (Å²) in [4.78, 5) is 14.7. The number of nitrogens with zero attached hydrogens (tertiary/aromatic N) is 1. The third-order valence-electron chi connectivity index (χ3n) is 5.91.